The van der Waals surface area contributed by atoms with Gasteiger partial charge in [-0.05, 0) is 41.5 Å². The fourth-order valence-electron chi connectivity index (χ4n) is 1.95. The highest BCUT2D eigenvalue weighted by Crippen LogP contribution is 2.21. The highest BCUT2D eigenvalue weighted by molar-refractivity contribution is 9.11. The zero-order valence-corrected chi connectivity index (χ0v) is 12.5. The lowest BCUT2D eigenvalue weighted by atomic mass is 10.2. The van der Waals surface area contributed by atoms with Gasteiger partial charge in [0.15, 0.2) is 0 Å². The second-order valence-corrected chi connectivity index (χ2v) is 6.96. The molecule has 1 aromatic rings. The molecule has 0 radical (unpaired) electrons. The van der Waals surface area contributed by atoms with Gasteiger partial charge in [0, 0.05) is 31.1 Å². The first kappa shape index (κ1) is 13.5. The van der Waals surface area contributed by atoms with Crippen LogP contribution in [-0.4, -0.2) is 50.8 Å². The summed E-state index contributed by atoms with van der Waals surface area (Å²) in [7, 11) is 2.15. The van der Waals surface area contributed by atoms with Crippen LogP contribution in [0.25, 0.3) is 0 Å². The van der Waals surface area contributed by atoms with Crippen molar-refractivity contribution in [3.05, 3.63) is 20.8 Å². The van der Waals surface area contributed by atoms with Crippen LogP contribution in [0.2, 0.25) is 0 Å². The fraction of sp³-hybridized carbons (Fsp3) is 0.667. The molecule has 1 atom stereocenters. The van der Waals surface area contributed by atoms with Gasteiger partial charge in [0.1, 0.15) is 0 Å². The Morgan fingerprint density at radius 1 is 1.59 bits per heavy atom. The molecule has 1 aliphatic heterocycles. The zero-order valence-electron chi connectivity index (χ0n) is 10.1. The predicted octanol–water partition coefficient (Wildman–Crippen LogP) is 1.97. The minimum atomic E-state index is 0.351. The van der Waals surface area contributed by atoms with Gasteiger partial charge >= 0.3 is 0 Å². The Labute approximate surface area is 115 Å². The van der Waals surface area contributed by atoms with E-state index in [4.69, 9.17) is 4.74 Å². The Morgan fingerprint density at radius 3 is 3.18 bits per heavy atom. The van der Waals surface area contributed by atoms with Crippen LogP contribution in [0.5, 0.6) is 0 Å². The molecule has 0 aromatic carbocycles. The van der Waals surface area contributed by atoms with Gasteiger partial charge in [0.2, 0.25) is 0 Å². The summed E-state index contributed by atoms with van der Waals surface area (Å²) in [6, 6.07) is 4.29. The average molecular weight is 319 g/mol. The Balaban J connectivity index is 1.59. The molecule has 0 aliphatic carbocycles. The van der Waals surface area contributed by atoms with Gasteiger partial charge in [0.05, 0.1) is 16.5 Å². The lowest BCUT2D eigenvalue weighted by molar-refractivity contribution is -0.0179. The maximum atomic E-state index is 5.70. The number of halogens is 1. The largest absolute Gasteiger partial charge is 0.374 e. The molecule has 1 saturated heterocycles. The normalized spacial score (nSPS) is 21.9. The van der Waals surface area contributed by atoms with Crippen molar-refractivity contribution in [3.63, 3.8) is 0 Å². The fourth-order valence-corrected chi connectivity index (χ4v) is 3.43. The second kappa shape index (κ2) is 6.85. The number of nitrogens with zero attached hydrogens (tertiary/aromatic N) is 1. The van der Waals surface area contributed by atoms with Gasteiger partial charge in [-0.3, -0.25) is 0 Å². The van der Waals surface area contributed by atoms with Gasteiger partial charge in [-0.2, -0.15) is 0 Å². The SMILES string of the molecule is CN1CCOC(CNCCc2ccc(Br)s2)C1. The molecule has 17 heavy (non-hydrogen) atoms. The van der Waals surface area contributed by atoms with Crippen molar-refractivity contribution in [1.29, 1.82) is 0 Å². The summed E-state index contributed by atoms with van der Waals surface area (Å²) >= 11 is 5.29. The summed E-state index contributed by atoms with van der Waals surface area (Å²) in [5.74, 6) is 0. The number of likely N-dealkylation sites (N-methyl/N-ethyl adjacent to an activating group) is 1. The first-order valence-corrected chi connectivity index (χ1v) is 7.60. The van der Waals surface area contributed by atoms with Crippen LogP contribution in [0.1, 0.15) is 4.88 Å². The van der Waals surface area contributed by atoms with Crippen LogP contribution in [0, 0.1) is 0 Å². The summed E-state index contributed by atoms with van der Waals surface area (Å²) in [4.78, 5) is 3.75. The Morgan fingerprint density at radius 2 is 2.47 bits per heavy atom. The van der Waals surface area contributed by atoms with Crippen molar-refractivity contribution in [2.75, 3.05) is 39.8 Å². The molecule has 96 valence electrons. The number of morpholine rings is 1. The van der Waals surface area contributed by atoms with Crippen LogP contribution in [0.3, 0.4) is 0 Å². The third kappa shape index (κ3) is 4.67. The van der Waals surface area contributed by atoms with E-state index in [0.29, 0.717) is 6.10 Å². The predicted molar refractivity (Wildman–Crippen MR) is 75.8 cm³/mol. The third-order valence-electron chi connectivity index (χ3n) is 2.89. The van der Waals surface area contributed by atoms with E-state index in [9.17, 15) is 0 Å². The molecule has 0 bridgehead atoms. The molecule has 0 spiro atoms. The van der Waals surface area contributed by atoms with Crippen molar-refractivity contribution in [3.8, 4) is 0 Å². The van der Waals surface area contributed by atoms with Crippen molar-refractivity contribution in [1.82, 2.24) is 10.2 Å². The zero-order chi connectivity index (χ0) is 12.1. The standard InChI is InChI=1S/C12H19BrN2OS/c1-15-6-7-16-10(9-15)8-14-5-4-11-2-3-12(13)17-11/h2-3,10,14H,4-9H2,1H3. The van der Waals surface area contributed by atoms with E-state index in [1.54, 1.807) is 0 Å². The van der Waals surface area contributed by atoms with Crippen LogP contribution in [-0.2, 0) is 11.2 Å². The van der Waals surface area contributed by atoms with Crippen LogP contribution < -0.4 is 5.32 Å². The van der Waals surface area contributed by atoms with Crippen LogP contribution in [0.15, 0.2) is 15.9 Å². The summed E-state index contributed by atoms with van der Waals surface area (Å²) in [6.45, 7) is 4.94. The minimum absolute atomic E-state index is 0.351. The summed E-state index contributed by atoms with van der Waals surface area (Å²) in [5, 5.41) is 3.47. The molecular formula is C12H19BrN2OS. The summed E-state index contributed by atoms with van der Waals surface area (Å²) in [6.07, 6.45) is 1.45. The van der Waals surface area contributed by atoms with E-state index in [2.05, 4.69) is 45.3 Å². The maximum Gasteiger partial charge on any atom is 0.0826 e. The van der Waals surface area contributed by atoms with Crippen molar-refractivity contribution in [2.45, 2.75) is 12.5 Å². The lowest BCUT2D eigenvalue weighted by Crippen LogP contribution is -2.45. The van der Waals surface area contributed by atoms with Crippen molar-refractivity contribution < 1.29 is 4.74 Å². The van der Waals surface area contributed by atoms with Gasteiger partial charge in [-0.15, -0.1) is 11.3 Å². The summed E-state index contributed by atoms with van der Waals surface area (Å²) in [5.41, 5.74) is 0. The monoisotopic (exact) mass is 318 g/mol. The lowest BCUT2D eigenvalue weighted by Gasteiger charge is -2.30. The molecule has 1 aliphatic rings. The Kier molecular flexibility index (Phi) is 5.44. The molecule has 1 aromatic heterocycles. The quantitative estimate of drug-likeness (QED) is 0.840. The molecule has 0 amide bonds. The van der Waals surface area contributed by atoms with E-state index in [0.717, 1.165) is 39.2 Å². The van der Waals surface area contributed by atoms with Gasteiger partial charge < -0.3 is 15.0 Å². The molecule has 2 rings (SSSR count). The molecule has 2 heterocycles. The minimum Gasteiger partial charge on any atom is -0.374 e. The number of ether oxygens (including phenoxy) is 1. The van der Waals surface area contributed by atoms with Crippen molar-refractivity contribution >= 4 is 27.3 Å². The topological polar surface area (TPSA) is 24.5 Å². The van der Waals surface area contributed by atoms with Gasteiger partial charge in [-0.1, -0.05) is 0 Å². The highest BCUT2D eigenvalue weighted by atomic mass is 79.9. The highest BCUT2D eigenvalue weighted by Gasteiger charge is 2.16. The average Bonchev–Trinajstić information content (AvgIpc) is 2.71. The Hall–Kier alpha value is 0.0600. The second-order valence-electron chi connectivity index (χ2n) is 4.41. The number of nitrogens with one attached hydrogen (secondary N) is 1. The van der Waals surface area contributed by atoms with E-state index >= 15 is 0 Å². The maximum absolute atomic E-state index is 5.70. The third-order valence-corrected chi connectivity index (χ3v) is 4.57. The van der Waals surface area contributed by atoms with E-state index in [-0.39, 0.29) is 0 Å². The first-order chi connectivity index (χ1) is 8.24. The van der Waals surface area contributed by atoms with E-state index < -0.39 is 0 Å². The van der Waals surface area contributed by atoms with Gasteiger partial charge in [-0.25, -0.2) is 0 Å². The summed E-state index contributed by atoms with van der Waals surface area (Å²) < 4.78 is 6.91. The number of hydrogen-bond acceptors (Lipinski definition) is 4. The van der Waals surface area contributed by atoms with Crippen molar-refractivity contribution in [2.24, 2.45) is 0 Å². The molecule has 1 N–H and O–H groups in total. The number of hydrogen-bond donors (Lipinski definition) is 1. The molecule has 1 fully saturated rings. The molecule has 5 heteroatoms. The molecule has 1 unspecified atom stereocenters. The van der Waals surface area contributed by atoms with E-state index in [1.165, 1.54) is 8.66 Å². The number of thiophene rings is 1. The molecular weight excluding hydrogens is 300 g/mol. The molecule has 0 saturated carbocycles. The van der Waals surface area contributed by atoms with E-state index in [1.807, 2.05) is 11.3 Å². The Bertz CT molecular complexity index is 345. The number of rotatable bonds is 5. The van der Waals surface area contributed by atoms with Crippen LogP contribution in [0.4, 0.5) is 0 Å². The first-order valence-electron chi connectivity index (χ1n) is 5.99. The van der Waals surface area contributed by atoms with Crippen LogP contribution >= 0.6 is 27.3 Å². The van der Waals surface area contributed by atoms with Gasteiger partial charge in [0.25, 0.3) is 0 Å². The smallest absolute Gasteiger partial charge is 0.0826 e. The molecule has 3 nitrogen and oxygen atoms in total.